The maximum atomic E-state index is 12.1. The molecule has 0 bridgehead atoms. The number of hydrogen-bond donors (Lipinski definition) is 1. The third kappa shape index (κ3) is 4.59. The molecule has 0 aliphatic heterocycles. The monoisotopic (exact) mass is 367 g/mol. The van der Waals surface area contributed by atoms with Crippen LogP contribution in [0.3, 0.4) is 0 Å². The quantitative estimate of drug-likeness (QED) is 0.899. The number of nitrogens with zero attached hydrogens (tertiary/aromatic N) is 2. The average molecular weight is 368 g/mol. The van der Waals surface area contributed by atoms with Crippen molar-refractivity contribution in [3.63, 3.8) is 0 Å². The van der Waals surface area contributed by atoms with E-state index in [1.165, 1.54) is 19.1 Å². The van der Waals surface area contributed by atoms with Crippen molar-refractivity contribution in [1.82, 2.24) is 15.3 Å². The van der Waals surface area contributed by atoms with Gasteiger partial charge in [0.1, 0.15) is 12.9 Å². The van der Waals surface area contributed by atoms with Crippen molar-refractivity contribution >= 4 is 40.0 Å². The normalized spacial score (nSPS) is 13.0. The van der Waals surface area contributed by atoms with E-state index < -0.39 is 24.7 Å². The molecule has 1 aromatic carbocycles. The first-order chi connectivity index (χ1) is 10.7. The first kappa shape index (κ1) is 17.6. The number of benzene rings is 1. The number of halogens is 5. The van der Waals surface area contributed by atoms with Crippen LogP contribution in [0.1, 0.15) is 6.92 Å². The number of carbonyl (C=O) groups excluding carboxylic acids is 1. The summed E-state index contributed by atoms with van der Waals surface area (Å²) in [5, 5.41) is 2.64. The third-order valence-electron chi connectivity index (χ3n) is 2.74. The highest BCUT2D eigenvalue weighted by atomic mass is 35.5. The molecule has 1 amide bonds. The molecule has 0 radical (unpaired) electrons. The standard InChI is InChI=1S/C13H10Cl2F3N3O2/c1-6(11(22)19-4-13(16,17)18)23-12-8-2-7(14)3-9(15)10(8)20-5-21-12/h2-3,5-6H,4H2,1H3,(H,19,22)/t6-/m0/s1. The van der Waals surface area contributed by atoms with Crippen LogP contribution in [0.15, 0.2) is 18.5 Å². The summed E-state index contributed by atoms with van der Waals surface area (Å²) in [5.74, 6) is -0.934. The number of nitrogens with one attached hydrogen (secondary N) is 1. The average Bonchev–Trinajstić information content (AvgIpc) is 2.44. The molecule has 0 saturated carbocycles. The van der Waals surface area contributed by atoms with Crippen LogP contribution in [0.25, 0.3) is 10.9 Å². The summed E-state index contributed by atoms with van der Waals surface area (Å²) in [7, 11) is 0. The number of ether oxygens (including phenoxy) is 1. The molecule has 1 aromatic heterocycles. The molecule has 0 aliphatic carbocycles. The predicted octanol–water partition coefficient (Wildman–Crippen LogP) is 3.38. The van der Waals surface area contributed by atoms with Gasteiger partial charge in [0, 0.05) is 5.02 Å². The van der Waals surface area contributed by atoms with Gasteiger partial charge in [0.15, 0.2) is 6.10 Å². The predicted molar refractivity (Wildman–Crippen MR) is 78.7 cm³/mol. The van der Waals surface area contributed by atoms with Gasteiger partial charge < -0.3 is 10.1 Å². The minimum Gasteiger partial charge on any atom is -0.464 e. The summed E-state index contributed by atoms with van der Waals surface area (Å²) >= 11 is 11.9. The van der Waals surface area contributed by atoms with Crippen molar-refractivity contribution < 1.29 is 22.7 Å². The largest absolute Gasteiger partial charge is 0.464 e. The summed E-state index contributed by atoms with van der Waals surface area (Å²) in [4.78, 5) is 19.5. The van der Waals surface area contributed by atoms with E-state index in [0.29, 0.717) is 15.9 Å². The molecule has 0 unspecified atom stereocenters. The molecular formula is C13H10Cl2F3N3O2. The van der Waals surface area contributed by atoms with Crippen molar-refractivity contribution in [1.29, 1.82) is 0 Å². The zero-order valence-corrected chi connectivity index (χ0v) is 13.1. The van der Waals surface area contributed by atoms with Crippen LogP contribution in [0.2, 0.25) is 10.0 Å². The Balaban J connectivity index is 2.20. The number of amides is 1. The van der Waals surface area contributed by atoms with E-state index in [1.807, 2.05) is 0 Å². The summed E-state index contributed by atoms with van der Waals surface area (Å²) in [6, 6.07) is 2.96. The first-order valence-corrected chi connectivity index (χ1v) is 7.04. The van der Waals surface area contributed by atoms with Crippen LogP contribution in [-0.2, 0) is 4.79 Å². The molecule has 0 saturated heterocycles. The fourth-order valence-corrected chi connectivity index (χ4v) is 2.26. The van der Waals surface area contributed by atoms with Gasteiger partial charge in [-0.05, 0) is 19.1 Å². The molecule has 10 heteroatoms. The summed E-state index contributed by atoms with van der Waals surface area (Å²) < 4.78 is 41.6. The summed E-state index contributed by atoms with van der Waals surface area (Å²) in [6.45, 7) is -0.145. The lowest BCUT2D eigenvalue weighted by atomic mass is 10.2. The van der Waals surface area contributed by atoms with E-state index in [0.717, 1.165) is 6.33 Å². The first-order valence-electron chi connectivity index (χ1n) is 6.28. The molecular weight excluding hydrogens is 358 g/mol. The van der Waals surface area contributed by atoms with Gasteiger partial charge in [0.05, 0.1) is 15.9 Å². The number of aromatic nitrogens is 2. The fraction of sp³-hybridized carbons (Fsp3) is 0.308. The third-order valence-corrected chi connectivity index (χ3v) is 3.25. The van der Waals surface area contributed by atoms with E-state index in [2.05, 4.69) is 9.97 Å². The molecule has 0 fully saturated rings. The van der Waals surface area contributed by atoms with Crippen LogP contribution < -0.4 is 10.1 Å². The summed E-state index contributed by atoms with van der Waals surface area (Å²) in [6.07, 6.45) is -4.54. The fourth-order valence-electron chi connectivity index (χ4n) is 1.71. The Labute approximate surface area is 138 Å². The number of fused-ring (bicyclic) bond motifs is 1. The molecule has 1 atom stereocenters. The number of alkyl halides is 3. The SMILES string of the molecule is C[C@H](Oc1ncnc2c(Cl)cc(Cl)cc12)C(=O)NCC(F)(F)F. The second-order valence-corrected chi connectivity index (χ2v) is 5.40. The van der Waals surface area contributed by atoms with Crippen LogP contribution >= 0.6 is 23.2 Å². The minimum atomic E-state index is -4.50. The Morgan fingerprint density at radius 1 is 1.35 bits per heavy atom. The highest BCUT2D eigenvalue weighted by Gasteiger charge is 2.29. The van der Waals surface area contributed by atoms with Gasteiger partial charge in [0.2, 0.25) is 5.88 Å². The maximum Gasteiger partial charge on any atom is 0.405 e. The topological polar surface area (TPSA) is 64.1 Å². The molecule has 23 heavy (non-hydrogen) atoms. The Hall–Kier alpha value is -1.80. The van der Waals surface area contributed by atoms with Crippen molar-refractivity contribution in [3.8, 4) is 5.88 Å². The number of rotatable bonds is 4. The molecule has 1 heterocycles. The molecule has 2 rings (SSSR count). The minimum absolute atomic E-state index is 0.00550. The van der Waals surface area contributed by atoms with Gasteiger partial charge in [-0.1, -0.05) is 23.2 Å². The van der Waals surface area contributed by atoms with Gasteiger partial charge >= 0.3 is 6.18 Å². The van der Waals surface area contributed by atoms with E-state index in [1.54, 1.807) is 5.32 Å². The second-order valence-electron chi connectivity index (χ2n) is 4.56. The number of carbonyl (C=O) groups is 1. The Bertz CT molecular complexity index is 740. The Kier molecular flexibility index (Phi) is 5.16. The van der Waals surface area contributed by atoms with E-state index in [-0.39, 0.29) is 10.9 Å². The molecule has 5 nitrogen and oxygen atoms in total. The number of hydrogen-bond acceptors (Lipinski definition) is 4. The van der Waals surface area contributed by atoms with Crippen molar-refractivity contribution in [2.24, 2.45) is 0 Å². The zero-order valence-electron chi connectivity index (χ0n) is 11.6. The van der Waals surface area contributed by atoms with E-state index in [4.69, 9.17) is 27.9 Å². The van der Waals surface area contributed by atoms with Crippen molar-refractivity contribution in [2.75, 3.05) is 6.54 Å². The van der Waals surface area contributed by atoms with Gasteiger partial charge in [-0.15, -0.1) is 0 Å². The van der Waals surface area contributed by atoms with Gasteiger partial charge in [-0.3, -0.25) is 4.79 Å². The highest BCUT2D eigenvalue weighted by Crippen LogP contribution is 2.31. The lowest BCUT2D eigenvalue weighted by molar-refractivity contribution is -0.142. The smallest absolute Gasteiger partial charge is 0.405 e. The highest BCUT2D eigenvalue weighted by molar-refractivity contribution is 6.38. The van der Waals surface area contributed by atoms with Crippen LogP contribution in [0.5, 0.6) is 5.88 Å². The Morgan fingerprint density at radius 3 is 2.70 bits per heavy atom. The van der Waals surface area contributed by atoms with E-state index in [9.17, 15) is 18.0 Å². The molecule has 2 aromatic rings. The van der Waals surface area contributed by atoms with Crippen LogP contribution in [-0.4, -0.2) is 34.7 Å². The summed E-state index contributed by atoms with van der Waals surface area (Å²) in [5.41, 5.74) is 0.351. The van der Waals surface area contributed by atoms with Crippen LogP contribution in [0.4, 0.5) is 13.2 Å². The molecule has 0 aliphatic rings. The van der Waals surface area contributed by atoms with Crippen LogP contribution in [0, 0.1) is 0 Å². The van der Waals surface area contributed by atoms with Crippen molar-refractivity contribution in [3.05, 3.63) is 28.5 Å². The van der Waals surface area contributed by atoms with Gasteiger partial charge in [0.25, 0.3) is 5.91 Å². The molecule has 0 spiro atoms. The second kappa shape index (κ2) is 6.76. The molecule has 124 valence electrons. The maximum absolute atomic E-state index is 12.1. The van der Waals surface area contributed by atoms with Gasteiger partial charge in [-0.2, -0.15) is 13.2 Å². The Morgan fingerprint density at radius 2 is 2.04 bits per heavy atom. The van der Waals surface area contributed by atoms with Gasteiger partial charge in [-0.25, -0.2) is 9.97 Å². The lowest BCUT2D eigenvalue weighted by Gasteiger charge is -2.16. The molecule has 1 N–H and O–H groups in total. The van der Waals surface area contributed by atoms with Crippen molar-refractivity contribution in [2.45, 2.75) is 19.2 Å². The van der Waals surface area contributed by atoms with E-state index >= 15 is 0 Å². The zero-order chi connectivity index (χ0) is 17.2. The lowest BCUT2D eigenvalue weighted by Crippen LogP contribution is -2.41.